The molecular weight excluding hydrogens is 434 g/mol. The minimum absolute atomic E-state index is 0.0260. The average Bonchev–Trinajstić information content (AvgIpc) is 2.73. The summed E-state index contributed by atoms with van der Waals surface area (Å²) in [4.78, 5) is 14.8. The van der Waals surface area contributed by atoms with E-state index in [0.717, 1.165) is 5.56 Å². The van der Waals surface area contributed by atoms with Crippen LogP contribution in [0.5, 0.6) is 0 Å². The van der Waals surface area contributed by atoms with Gasteiger partial charge in [-0.1, -0.05) is 54.1 Å². The molecule has 0 spiro atoms. The van der Waals surface area contributed by atoms with Crippen LogP contribution >= 0.6 is 11.6 Å². The van der Waals surface area contributed by atoms with Crippen molar-refractivity contribution in [2.24, 2.45) is 0 Å². The summed E-state index contributed by atoms with van der Waals surface area (Å²) < 4.78 is 28.1. The first kappa shape index (κ1) is 22.8. The number of halogens is 1. The number of carbonyl (C=O) groups excluding carboxylic acids is 1. The van der Waals surface area contributed by atoms with E-state index in [1.807, 2.05) is 44.4 Å². The molecule has 0 atom stereocenters. The summed E-state index contributed by atoms with van der Waals surface area (Å²) in [6, 6.07) is 19.0. The number of carbonyl (C=O) groups is 1. The number of amides is 1. The lowest BCUT2D eigenvalue weighted by molar-refractivity contribution is 0.102. The fourth-order valence-electron chi connectivity index (χ4n) is 3.13. The van der Waals surface area contributed by atoms with Crippen LogP contribution in [0.4, 0.5) is 11.4 Å². The van der Waals surface area contributed by atoms with Crippen molar-refractivity contribution >= 4 is 38.9 Å². The molecule has 0 radical (unpaired) electrons. The van der Waals surface area contributed by atoms with Crippen LogP contribution in [0.25, 0.3) is 0 Å². The summed E-state index contributed by atoms with van der Waals surface area (Å²) in [5.74, 6) is -0.414. The van der Waals surface area contributed by atoms with Crippen molar-refractivity contribution in [1.29, 1.82) is 0 Å². The van der Waals surface area contributed by atoms with Crippen molar-refractivity contribution < 1.29 is 13.2 Å². The number of nitrogens with zero attached hydrogens (tertiary/aromatic N) is 1. The van der Waals surface area contributed by atoms with Crippen molar-refractivity contribution in [1.82, 2.24) is 4.72 Å². The van der Waals surface area contributed by atoms with Gasteiger partial charge in [0.2, 0.25) is 10.0 Å². The third-order valence-corrected chi connectivity index (χ3v) is 6.46. The van der Waals surface area contributed by atoms with E-state index in [4.69, 9.17) is 11.6 Å². The number of anilines is 2. The number of hydrogen-bond donors (Lipinski definition) is 2. The molecule has 162 valence electrons. The lowest BCUT2D eigenvalue weighted by Crippen LogP contribution is -2.24. The molecule has 0 aliphatic heterocycles. The summed E-state index contributed by atoms with van der Waals surface area (Å²) in [7, 11) is -0.138. The Labute approximate surface area is 187 Å². The van der Waals surface area contributed by atoms with E-state index in [1.54, 1.807) is 36.1 Å². The topological polar surface area (TPSA) is 78.5 Å². The van der Waals surface area contributed by atoms with Crippen molar-refractivity contribution in [3.63, 3.8) is 0 Å². The van der Waals surface area contributed by atoms with E-state index >= 15 is 0 Å². The van der Waals surface area contributed by atoms with Crippen LogP contribution in [-0.2, 0) is 16.6 Å². The molecule has 0 aliphatic carbocycles. The predicted octanol–water partition coefficient (Wildman–Crippen LogP) is 4.45. The van der Waals surface area contributed by atoms with Crippen LogP contribution in [0.15, 0.2) is 71.6 Å². The maximum absolute atomic E-state index is 13.0. The maximum atomic E-state index is 13.0. The van der Waals surface area contributed by atoms with Gasteiger partial charge in [0.1, 0.15) is 0 Å². The Morgan fingerprint density at radius 2 is 1.71 bits per heavy atom. The largest absolute Gasteiger partial charge is 0.375 e. The fourth-order valence-corrected chi connectivity index (χ4v) is 4.52. The second-order valence-electron chi connectivity index (χ2n) is 7.27. The zero-order valence-corrected chi connectivity index (χ0v) is 19.1. The minimum Gasteiger partial charge on any atom is -0.375 e. The van der Waals surface area contributed by atoms with Gasteiger partial charge < -0.3 is 10.2 Å². The fraction of sp³-hybridized carbons (Fsp3) is 0.174. The Bertz CT molecular complexity index is 1200. The van der Waals surface area contributed by atoms with Crippen LogP contribution in [0.3, 0.4) is 0 Å². The molecule has 0 unspecified atom stereocenters. The zero-order valence-electron chi connectivity index (χ0n) is 17.5. The molecule has 1 amide bonds. The minimum atomic E-state index is -3.79. The van der Waals surface area contributed by atoms with E-state index in [0.29, 0.717) is 22.0 Å². The van der Waals surface area contributed by atoms with E-state index in [2.05, 4.69) is 10.0 Å². The lowest BCUT2D eigenvalue weighted by atomic mass is 10.1. The third-order valence-electron chi connectivity index (χ3n) is 4.76. The molecule has 0 heterocycles. The second kappa shape index (κ2) is 9.51. The number of benzene rings is 3. The number of aryl methyl sites for hydroxylation is 1. The summed E-state index contributed by atoms with van der Waals surface area (Å²) >= 11 is 6.27. The molecule has 2 N–H and O–H groups in total. The SMILES string of the molecule is Cc1ccc(S(=O)(=O)NCc2ccccc2)cc1C(=O)Nc1cccc(Cl)c1N(C)C. The first-order chi connectivity index (χ1) is 14.7. The normalized spacial score (nSPS) is 11.2. The molecule has 0 saturated carbocycles. The van der Waals surface area contributed by atoms with Crippen molar-refractivity contribution in [2.75, 3.05) is 24.3 Å². The van der Waals surface area contributed by atoms with Gasteiger partial charge in [-0.3, -0.25) is 4.79 Å². The maximum Gasteiger partial charge on any atom is 0.256 e. The van der Waals surface area contributed by atoms with Crippen LogP contribution < -0.4 is 14.9 Å². The Morgan fingerprint density at radius 3 is 2.39 bits per heavy atom. The third kappa shape index (κ3) is 5.44. The van der Waals surface area contributed by atoms with Gasteiger partial charge in [0.15, 0.2) is 0 Å². The molecule has 0 saturated heterocycles. The highest BCUT2D eigenvalue weighted by atomic mass is 35.5. The zero-order chi connectivity index (χ0) is 22.6. The van der Waals surface area contributed by atoms with Crippen LogP contribution in [0, 0.1) is 6.92 Å². The average molecular weight is 458 g/mol. The molecule has 0 aliphatic rings. The number of rotatable bonds is 7. The second-order valence-corrected chi connectivity index (χ2v) is 9.45. The number of sulfonamides is 1. The standard InChI is InChI=1S/C23H24ClN3O3S/c1-16-12-13-18(31(29,30)25-15-17-8-5-4-6-9-17)14-19(16)23(28)26-21-11-7-10-20(24)22(21)27(2)3/h4-14,25H,15H2,1-3H3,(H,26,28). The first-order valence-electron chi connectivity index (χ1n) is 9.60. The molecule has 3 aromatic carbocycles. The Balaban J connectivity index is 1.86. The molecule has 0 bridgehead atoms. The predicted molar refractivity (Wildman–Crippen MR) is 125 cm³/mol. The van der Waals surface area contributed by atoms with Crippen LogP contribution in [0.2, 0.25) is 5.02 Å². The molecule has 0 aromatic heterocycles. The van der Waals surface area contributed by atoms with Gasteiger partial charge >= 0.3 is 0 Å². The van der Waals surface area contributed by atoms with Gasteiger partial charge in [-0.15, -0.1) is 0 Å². The summed E-state index contributed by atoms with van der Waals surface area (Å²) in [5, 5.41) is 3.35. The molecule has 6 nitrogen and oxygen atoms in total. The highest BCUT2D eigenvalue weighted by Crippen LogP contribution is 2.33. The lowest BCUT2D eigenvalue weighted by Gasteiger charge is -2.20. The number of nitrogens with one attached hydrogen (secondary N) is 2. The summed E-state index contributed by atoms with van der Waals surface area (Å²) in [5.41, 5.74) is 2.98. The monoisotopic (exact) mass is 457 g/mol. The molecule has 31 heavy (non-hydrogen) atoms. The van der Waals surface area contributed by atoms with E-state index in [-0.39, 0.29) is 17.0 Å². The molecule has 0 fully saturated rings. The van der Waals surface area contributed by atoms with E-state index in [1.165, 1.54) is 12.1 Å². The Hall–Kier alpha value is -2.87. The van der Waals surface area contributed by atoms with Gasteiger partial charge in [-0.2, -0.15) is 0 Å². The first-order valence-corrected chi connectivity index (χ1v) is 11.5. The summed E-state index contributed by atoms with van der Waals surface area (Å²) in [6.45, 7) is 1.92. The van der Waals surface area contributed by atoms with Gasteiger partial charge in [-0.05, 0) is 42.3 Å². The van der Waals surface area contributed by atoms with Gasteiger partial charge in [0, 0.05) is 26.2 Å². The van der Waals surface area contributed by atoms with Crippen LogP contribution in [0.1, 0.15) is 21.5 Å². The number of para-hydroxylation sites is 1. The smallest absolute Gasteiger partial charge is 0.256 e. The van der Waals surface area contributed by atoms with Crippen molar-refractivity contribution in [3.05, 3.63) is 88.4 Å². The van der Waals surface area contributed by atoms with E-state index in [9.17, 15) is 13.2 Å². The highest BCUT2D eigenvalue weighted by Gasteiger charge is 2.19. The van der Waals surface area contributed by atoms with Crippen LogP contribution in [-0.4, -0.2) is 28.4 Å². The summed E-state index contributed by atoms with van der Waals surface area (Å²) in [6.07, 6.45) is 0. The Morgan fingerprint density at radius 1 is 1.00 bits per heavy atom. The van der Waals surface area contributed by atoms with Gasteiger partial charge in [-0.25, -0.2) is 13.1 Å². The molecular formula is C23H24ClN3O3S. The Kier molecular flexibility index (Phi) is 7.00. The van der Waals surface area contributed by atoms with Gasteiger partial charge in [0.05, 0.1) is 21.3 Å². The van der Waals surface area contributed by atoms with E-state index < -0.39 is 15.9 Å². The molecule has 8 heteroatoms. The number of hydrogen-bond acceptors (Lipinski definition) is 4. The van der Waals surface area contributed by atoms with Gasteiger partial charge in [0.25, 0.3) is 5.91 Å². The molecule has 3 aromatic rings. The van der Waals surface area contributed by atoms with Crippen molar-refractivity contribution in [2.45, 2.75) is 18.4 Å². The molecule has 3 rings (SSSR count). The van der Waals surface area contributed by atoms with Crippen molar-refractivity contribution in [3.8, 4) is 0 Å². The highest BCUT2D eigenvalue weighted by molar-refractivity contribution is 7.89. The quantitative estimate of drug-likeness (QED) is 0.549.